The van der Waals surface area contributed by atoms with Crippen molar-refractivity contribution < 1.29 is 4.79 Å². The van der Waals surface area contributed by atoms with E-state index in [-0.39, 0.29) is 5.91 Å². The minimum Gasteiger partial charge on any atom is -0.322 e. The molecule has 0 saturated carbocycles. The number of carbonyl (C=O) groups excluding carboxylic acids is 1. The first-order valence-corrected chi connectivity index (χ1v) is 7.29. The fourth-order valence-electron chi connectivity index (χ4n) is 1.64. The van der Waals surface area contributed by atoms with Crippen molar-refractivity contribution in [3.63, 3.8) is 0 Å². The molecule has 0 unspecified atom stereocenters. The van der Waals surface area contributed by atoms with Crippen molar-refractivity contribution in [3.8, 4) is 0 Å². The van der Waals surface area contributed by atoms with Gasteiger partial charge in [0.2, 0.25) is 5.91 Å². The highest BCUT2D eigenvalue weighted by molar-refractivity contribution is 6.42. The van der Waals surface area contributed by atoms with E-state index in [4.69, 9.17) is 34.8 Å². The molecule has 2 aromatic rings. The normalized spacial score (nSPS) is 10.9. The Morgan fingerprint density at radius 3 is 2.43 bits per heavy atom. The smallest absolute Gasteiger partial charge is 0.248 e. The third-order valence-corrected chi connectivity index (χ3v) is 3.96. The van der Waals surface area contributed by atoms with E-state index in [9.17, 15) is 4.79 Å². The summed E-state index contributed by atoms with van der Waals surface area (Å²) < 4.78 is 0. The molecule has 2 nitrogen and oxygen atoms in total. The van der Waals surface area contributed by atoms with E-state index in [1.165, 1.54) is 6.08 Å². The molecule has 0 aliphatic heterocycles. The van der Waals surface area contributed by atoms with Crippen molar-refractivity contribution >= 4 is 52.5 Å². The molecule has 0 heterocycles. The first kappa shape index (κ1) is 15.9. The molecule has 0 aromatic heterocycles. The number of hydrogen-bond donors (Lipinski definition) is 1. The summed E-state index contributed by atoms with van der Waals surface area (Å²) in [7, 11) is 0. The van der Waals surface area contributed by atoms with Gasteiger partial charge in [-0.05, 0) is 48.4 Å². The lowest BCUT2D eigenvalue weighted by Gasteiger charge is -2.04. The van der Waals surface area contributed by atoms with Gasteiger partial charge in [-0.15, -0.1) is 0 Å². The maximum absolute atomic E-state index is 11.8. The molecule has 0 spiro atoms. The summed E-state index contributed by atoms with van der Waals surface area (Å²) in [5.41, 5.74) is 2.40. The molecule has 2 rings (SSSR count). The van der Waals surface area contributed by atoms with E-state index in [1.54, 1.807) is 36.4 Å². The van der Waals surface area contributed by atoms with E-state index in [1.807, 2.05) is 13.0 Å². The van der Waals surface area contributed by atoms with Crippen molar-refractivity contribution in [1.29, 1.82) is 0 Å². The topological polar surface area (TPSA) is 29.1 Å². The summed E-state index contributed by atoms with van der Waals surface area (Å²) in [6.45, 7) is 1.90. The quantitative estimate of drug-likeness (QED) is 0.723. The van der Waals surface area contributed by atoms with Crippen molar-refractivity contribution in [3.05, 3.63) is 68.7 Å². The molecule has 1 amide bonds. The highest BCUT2D eigenvalue weighted by Gasteiger charge is 2.01. The van der Waals surface area contributed by atoms with Gasteiger partial charge in [0.25, 0.3) is 0 Å². The van der Waals surface area contributed by atoms with Gasteiger partial charge in [-0.1, -0.05) is 46.9 Å². The Balaban J connectivity index is 2.05. The van der Waals surface area contributed by atoms with Crippen molar-refractivity contribution in [2.24, 2.45) is 0 Å². The second kappa shape index (κ2) is 6.99. The van der Waals surface area contributed by atoms with Crippen LogP contribution in [-0.2, 0) is 4.79 Å². The van der Waals surface area contributed by atoms with Gasteiger partial charge < -0.3 is 5.32 Å². The Labute approximate surface area is 138 Å². The van der Waals surface area contributed by atoms with Crippen LogP contribution in [0.1, 0.15) is 11.1 Å². The third kappa shape index (κ3) is 4.50. The maximum Gasteiger partial charge on any atom is 0.248 e. The highest BCUT2D eigenvalue weighted by atomic mass is 35.5. The molecular weight excluding hydrogens is 329 g/mol. The van der Waals surface area contributed by atoms with Crippen LogP contribution in [0.3, 0.4) is 0 Å². The molecule has 0 bridgehead atoms. The molecule has 0 fully saturated rings. The lowest BCUT2D eigenvalue weighted by molar-refractivity contribution is -0.111. The molecule has 2 aromatic carbocycles. The van der Waals surface area contributed by atoms with Gasteiger partial charge in [-0.2, -0.15) is 0 Å². The number of anilines is 1. The number of nitrogens with one attached hydrogen (secondary N) is 1. The van der Waals surface area contributed by atoms with Gasteiger partial charge in [-0.3, -0.25) is 4.79 Å². The zero-order valence-electron chi connectivity index (χ0n) is 11.2. The minimum atomic E-state index is -0.249. The molecule has 0 aliphatic carbocycles. The van der Waals surface area contributed by atoms with Crippen LogP contribution in [0, 0.1) is 6.92 Å². The Hall–Kier alpha value is -1.48. The van der Waals surface area contributed by atoms with E-state index in [0.29, 0.717) is 20.8 Å². The molecule has 21 heavy (non-hydrogen) atoms. The molecule has 1 N–H and O–H groups in total. The summed E-state index contributed by atoms with van der Waals surface area (Å²) in [4.78, 5) is 11.8. The van der Waals surface area contributed by atoms with Crippen molar-refractivity contribution in [2.75, 3.05) is 5.32 Å². The zero-order chi connectivity index (χ0) is 15.4. The Bertz CT molecular complexity index is 711. The van der Waals surface area contributed by atoms with E-state index < -0.39 is 0 Å². The van der Waals surface area contributed by atoms with Crippen molar-refractivity contribution in [2.45, 2.75) is 6.92 Å². The van der Waals surface area contributed by atoms with Crippen LogP contribution >= 0.6 is 34.8 Å². The fraction of sp³-hybridized carbons (Fsp3) is 0.0625. The average Bonchev–Trinajstić information content (AvgIpc) is 2.44. The Morgan fingerprint density at radius 1 is 1.00 bits per heavy atom. The fourth-order valence-corrected chi connectivity index (χ4v) is 2.13. The van der Waals surface area contributed by atoms with Gasteiger partial charge in [-0.25, -0.2) is 0 Å². The standard InChI is InChI=1S/C16H12Cl3NO/c1-10-2-5-12(9-14(10)18)20-16(21)7-4-11-3-6-13(17)15(19)8-11/h2-9H,1H3,(H,20,21). The van der Waals surface area contributed by atoms with Gasteiger partial charge in [0.1, 0.15) is 0 Å². The number of rotatable bonds is 3. The zero-order valence-corrected chi connectivity index (χ0v) is 13.4. The molecule has 0 aliphatic rings. The van der Waals surface area contributed by atoms with Gasteiger partial charge >= 0.3 is 0 Å². The van der Waals surface area contributed by atoms with Crippen LogP contribution in [0.2, 0.25) is 15.1 Å². The molecular formula is C16H12Cl3NO. The first-order valence-electron chi connectivity index (χ1n) is 6.16. The second-order valence-corrected chi connectivity index (χ2v) is 5.68. The van der Waals surface area contributed by atoms with Crippen LogP contribution in [0.4, 0.5) is 5.69 Å². The minimum absolute atomic E-state index is 0.249. The lowest BCUT2D eigenvalue weighted by atomic mass is 10.2. The van der Waals surface area contributed by atoms with E-state index in [2.05, 4.69) is 5.32 Å². The number of aryl methyl sites for hydroxylation is 1. The van der Waals surface area contributed by atoms with Crippen molar-refractivity contribution in [1.82, 2.24) is 0 Å². The number of benzene rings is 2. The van der Waals surface area contributed by atoms with Crippen LogP contribution in [0.5, 0.6) is 0 Å². The lowest BCUT2D eigenvalue weighted by Crippen LogP contribution is -2.07. The van der Waals surface area contributed by atoms with Gasteiger partial charge in [0, 0.05) is 16.8 Å². The predicted molar refractivity (Wildman–Crippen MR) is 90.3 cm³/mol. The van der Waals surface area contributed by atoms with Crippen LogP contribution in [0.15, 0.2) is 42.5 Å². The third-order valence-electron chi connectivity index (χ3n) is 2.81. The Kier molecular flexibility index (Phi) is 5.29. The summed E-state index contributed by atoms with van der Waals surface area (Å²) in [6.07, 6.45) is 3.08. The van der Waals surface area contributed by atoms with E-state index in [0.717, 1.165) is 11.1 Å². The summed E-state index contributed by atoms with van der Waals surface area (Å²) in [5, 5.41) is 4.28. The number of amides is 1. The largest absolute Gasteiger partial charge is 0.322 e. The van der Waals surface area contributed by atoms with E-state index >= 15 is 0 Å². The second-order valence-electron chi connectivity index (χ2n) is 4.46. The summed E-state index contributed by atoms with van der Waals surface area (Å²) in [5.74, 6) is -0.249. The number of carbonyl (C=O) groups is 1. The summed E-state index contributed by atoms with van der Waals surface area (Å²) >= 11 is 17.7. The number of halogens is 3. The van der Waals surface area contributed by atoms with Gasteiger partial charge in [0.05, 0.1) is 10.0 Å². The van der Waals surface area contributed by atoms with Crippen LogP contribution < -0.4 is 5.32 Å². The molecule has 0 atom stereocenters. The molecule has 0 saturated heterocycles. The van der Waals surface area contributed by atoms with Crippen LogP contribution in [-0.4, -0.2) is 5.91 Å². The average molecular weight is 341 g/mol. The monoisotopic (exact) mass is 339 g/mol. The van der Waals surface area contributed by atoms with Gasteiger partial charge in [0.15, 0.2) is 0 Å². The highest BCUT2D eigenvalue weighted by Crippen LogP contribution is 2.23. The predicted octanol–water partition coefficient (Wildman–Crippen LogP) is 5.61. The summed E-state index contributed by atoms with van der Waals surface area (Å²) in [6, 6.07) is 10.5. The SMILES string of the molecule is Cc1ccc(NC(=O)C=Cc2ccc(Cl)c(Cl)c2)cc1Cl. The molecule has 0 radical (unpaired) electrons. The maximum atomic E-state index is 11.8. The molecule has 108 valence electrons. The van der Waals surface area contributed by atoms with Crippen LogP contribution in [0.25, 0.3) is 6.08 Å². The molecule has 5 heteroatoms. The Morgan fingerprint density at radius 2 is 1.76 bits per heavy atom. The first-order chi connectivity index (χ1) is 9.95. The number of hydrogen-bond acceptors (Lipinski definition) is 1.